The number of imidazole rings is 1. The summed E-state index contributed by atoms with van der Waals surface area (Å²) in [4.78, 5) is 0. The van der Waals surface area contributed by atoms with Crippen LogP contribution in [0.1, 0.15) is 12.7 Å². The molecule has 1 aromatic heterocycles. The zero-order valence-corrected chi connectivity index (χ0v) is 8.90. The van der Waals surface area contributed by atoms with Gasteiger partial charge in [-0.25, -0.2) is 9.13 Å². The molecule has 68 valence electrons. The highest BCUT2D eigenvalue weighted by molar-refractivity contribution is 7.98. The topological polar surface area (TPSA) is 8.81 Å². The van der Waals surface area contributed by atoms with Crippen LogP contribution in [0.15, 0.2) is 12.4 Å². The van der Waals surface area contributed by atoms with Crippen LogP contribution < -0.4 is 4.57 Å². The molecule has 0 aliphatic rings. The maximum absolute atomic E-state index is 2.31. The highest BCUT2D eigenvalue weighted by atomic mass is 32.2. The Hall–Kier alpha value is -0.440. The van der Waals surface area contributed by atoms with Crippen LogP contribution >= 0.6 is 11.8 Å². The number of nitrogens with zero attached hydrogens (tertiary/aromatic N) is 2. The van der Waals surface area contributed by atoms with Crippen molar-refractivity contribution in [3.05, 3.63) is 18.2 Å². The average Bonchev–Trinajstić information content (AvgIpc) is 2.43. The highest BCUT2D eigenvalue weighted by Crippen LogP contribution is 1.95. The van der Waals surface area contributed by atoms with Gasteiger partial charge in [-0.3, -0.25) is 0 Å². The molecule has 0 aromatic carbocycles. The fourth-order valence-corrected chi connectivity index (χ4v) is 1.68. The first-order valence-electron chi connectivity index (χ1n) is 4.33. The lowest BCUT2D eigenvalue weighted by molar-refractivity contribution is -0.697. The summed E-state index contributed by atoms with van der Waals surface area (Å²) in [7, 11) is 0. The van der Waals surface area contributed by atoms with Gasteiger partial charge >= 0.3 is 0 Å². The second kappa shape index (κ2) is 4.55. The van der Waals surface area contributed by atoms with Gasteiger partial charge in [-0.1, -0.05) is 0 Å². The standard InChI is InChI=1S/C9H17N2S/c1-4-10-5-6-11(9(10)2)7-8-12-3/h5-6H,4,7-8H2,1-3H3/q+1. The lowest BCUT2D eigenvalue weighted by Crippen LogP contribution is -2.36. The van der Waals surface area contributed by atoms with Gasteiger partial charge in [-0.15, -0.1) is 0 Å². The summed E-state index contributed by atoms with van der Waals surface area (Å²) >= 11 is 1.89. The number of hydrogen-bond donors (Lipinski definition) is 0. The van der Waals surface area contributed by atoms with Crippen LogP contribution in [-0.2, 0) is 13.1 Å². The first-order valence-corrected chi connectivity index (χ1v) is 5.73. The van der Waals surface area contributed by atoms with E-state index in [4.69, 9.17) is 0 Å². The SMILES string of the molecule is CCn1cc[n+](CCSC)c1C. The molecule has 1 aromatic rings. The Morgan fingerprint density at radius 2 is 2.33 bits per heavy atom. The summed E-state index contributed by atoms with van der Waals surface area (Å²) in [6.07, 6.45) is 6.46. The Labute approximate surface area is 78.6 Å². The van der Waals surface area contributed by atoms with Crippen LogP contribution in [0, 0.1) is 6.92 Å². The van der Waals surface area contributed by atoms with Crippen molar-refractivity contribution in [3.8, 4) is 0 Å². The van der Waals surface area contributed by atoms with Gasteiger partial charge in [-0.05, 0) is 13.2 Å². The van der Waals surface area contributed by atoms with Gasteiger partial charge in [0.15, 0.2) is 0 Å². The van der Waals surface area contributed by atoms with Gasteiger partial charge in [-0.2, -0.15) is 11.8 Å². The minimum atomic E-state index is 1.07. The van der Waals surface area contributed by atoms with Gasteiger partial charge < -0.3 is 0 Å². The van der Waals surface area contributed by atoms with Crippen molar-refractivity contribution in [1.82, 2.24) is 4.57 Å². The van der Waals surface area contributed by atoms with Crippen molar-refractivity contribution in [2.45, 2.75) is 26.9 Å². The zero-order chi connectivity index (χ0) is 8.97. The molecule has 12 heavy (non-hydrogen) atoms. The third kappa shape index (κ3) is 2.03. The number of aromatic nitrogens is 2. The van der Waals surface area contributed by atoms with E-state index in [1.807, 2.05) is 11.8 Å². The van der Waals surface area contributed by atoms with Crippen molar-refractivity contribution in [3.63, 3.8) is 0 Å². The molecule has 0 saturated heterocycles. The van der Waals surface area contributed by atoms with E-state index in [1.165, 1.54) is 11.6 Å². The van der Waals surface area contributed by atoms with E-state index >= 15 is 0 Å². The summed E-state index contributed by atoms with van der Waals surface area (Å²) in [5.74, 6) is 2.55. The first-order chi connectivity index (χ1) is 5.79. The molecule has 0 radical (unpaired) electrons. The molecular weight excluding hydrogens is 168 g/mol. The van der Waals surface area contributed by atoms with Gasteiger partial charge in [0.2, 0.25) is 0 Å². The molecule has 0 atom stereocenters. The predicted octanol–water partition coefficient (Wildman–Crippen LogP) is 1.47. The van der Waals surface area contributed by atoms with Crippen molar-refractivity contribution in [2.75, 3.05) is 12.0 Å². The van der Waals surface area contributed by atoms with E-state index in [0.717, 1.165) is 13.1 Å². The summed E-state index contributed by atoms with van der Waals surface area (Å²) in [6, 6.07) is 0. The molecule has 0 saturated carbocycles. The lowest BCUT2D eigenvalue weighted by Gasteiger charge is -1.97. The van der Waals surface area contributed by atoms with E-state index in [9.17, 15) is 0 Å². The van der Waals surface area contributed by atoms with Crippen LogP contribution in [-0.4, -0.2) is 16.6 Å². The summed E-state index contributed by atoms with van der Waals surface area (Å²) in [5.41, 5.74) is 0. The minimum Gasteiger partial charge on any atom is -0.235 e. The fourth-order valence-electron chi connectivity index (χ4n) is 1.30. The normalized spacial score (nSPS) is 10.6. The molecule has 0 N–H and O–H groups in total. The summed E-state index contributed by atoms with van der Waals surface area (Å²) < 4.78 is 4.57. The van der Waals surface area contributed by atoms with Gasteiger partial charge in [0.25, 0.3) is 5.82 Å². The number of rotatable bonds is 4. The maximum atomic E-state index is 2.31. The molecule has 2 nitrogen and oxygen atoms in total. The smallest absolute Gasteiger partial charge is 0.235 e. The van der Waals surface area contributed by atoms with Gasteiger partial charge in [0.05, 0.1) is 13.1 Å². The second-order valence-corrected chi connectivity index (χ2v) is 3.80. The van der Waals surface area contributed by atoms with E-state index in [0.29, 0.717) is 0 Å². The average molecular weight is 185 g/mol. The first kappa shape index (κ1) is 9.65. The highest BCUT2D eigenvalue weighted by Gasteiger charge is 2.08. The molecule has 0 fully saturated rings. The van der Waals surface area contributed by atoms with Crippen LogP contribution in [0.4, 0.5) is 0 Å². The summed E-state index contributed by atoms with van der Waals surface area (Å²) in [5, 5.41) is 0. The molecule has 1 heterocycles. The van der Waals surface area contributed by atoms with Crippen molar-refractivity contribution in [2.24, 2.45) is 0 Å². The van der Waals surface area contributed by atoms with Crippen molar-refractivity contribution in [1.29, 1.82) is 0 Å². The molecular formula is C9H17N2S+. The van der Waals surface area contributed by atoms with Gasteiger partial charge in [0.1, 0.15) is 12.4 Å². The predicted molar refractivity (Wildman–Crippen MR) is 53.4 cm³/mol. The van der Waals surface area contributed by atoms with Gasteiger partial charge in [0, 0.05) is 12.7 Å². The summed E-state index contributed by atoms with van der Waals surface area (Å²) in [6.45, 7) is 6.54. The van der Waals surface area contributed by atoms with Crippen LogP contribution in [0.3, 0.4) is 0 Å². The van der Waals surface area contributed by atoms with E-state index < -0.39 is 0 Å². The van der Waals surface area contributed by atoms with Crippen LogP contribution in [0.25, 0.3) is 0 Å². The third-order valence-corrected chi connectivity index (χ3v) is 2.73. The lowest BCUT2D eigenvalue weighted by atomic mass is 10.6. The fraction of sp³-hybridized carbons (Fsp3) is 0.667. The Balaban J connectivity index is 2.66. The third-order valence-electron chi connectivity index (χ3n) is 2.13. The van der Waals surface area contributed by atoms with E-state index in [2.05, 4.69) is 41.6 Å². The monoisotopic (exact) mass is 185 g/mol. The Morgan fingerprint density at radius 1 is 1.58 bits per heavy atom. The van der Waals surface area contributed by atoms with Crippen molar-refractivity contribution >= 4 is 11.8 Å². The quantitative estimate of drug-likeness (QED) is 0.645. The molecule has 0 bridgehead atoms. The minimum absolute atomic E-state index is 1.07. The zero-order valence-electron chi connectivity index (χ0n) is 8.08. The molecule has 0 aliphatic heterocycles. The number of hydrogen-bond acceptors (Lipinski definition) is 1. The van der Waals surface area contributed by atoms with Crippen molar-refractivity contribution < 1.29 is 4.57 Å². The number of aryl methyl sites for hydroxylation is 2. The maximum Gasteiger partial charge on any atom is 0.253 e. The molecule has 0 unspecified atom stereocenters. The molecule has 0 spiro atoms. The molecule has 0 aliphatic carbocycles. The van der Waals surface area contributed by atoms with Crippen LogP contribution in [0.2, 0.25) is 0 Å². The molecule has 3 heteroatoms. The molecule has 0 amide bonds. The van der Waals surface area contributed by atoms with Crippen LogP contribution in [0.5, 0.6) is 0 Å². The van der Waals surface area contributed by atoms with E-state index in [1.54, 1.807) is 0 Å². The largest absolute Gasteiger partial charge is 0.253 e. The number of thioether (sulfide) groups is 1. The Bertz CT molecular complexity index is 243. The molecule has 1 rings (SSSR count). The Kier molecular flexibility index (Phi) is 3.66. The van der Waals surface area contributed by atoms with E-state index in [-0.39, 0.29) is 0 Å². The Morgan fingerprint density at radius 3 is 2.83 bits per heavy atom. The second-order valence-electron chi connectivity index (χ2n) is 2.82.